The van der Waals surface area contributed by atoms with Gasteiger partial charge in [-0.05, 0) is 42.4 Å². The largest absolute Gasteiger partial charge is 0.355 e. The first-order valence-corrected chi connectivity index (χ1v) is 6.68. The van der Waals surface area contributed by atoms with Crippen LogP contribution in [0.5, 0.6) is 0 Å². The Kier molecular flexibility index (Phi) is 3.02. The second-order valence-corrected chi connectivity index (χ2v) is 6.79. The van der Waals surface area contributed by atoms with Crippen molar-refractivity contribution in [3.8, 4) is 0 Å². The minimum atomic E-state index is 0.206. The van der Waals surface area contributed by atoms with Crippen molar-refractivity contribution in [2.75, 3.05) is 6.54 Å². The molecular weight excluding hydrogens is 198 g/mol. The van der Waals surface area contributed by atoms with Crippen molar-refractivity contribution in [2.24, 2.45) is 29.1 Å². The zero-order chi connectivity index (χ0) is 11.9. The normalized spacial score (nSPS) is 32.7. The fourth-order valence-corrected chi connectivity index (χ4v) is 2.59. The zero-order valence-electron chi connectivity index (χ0n) is 11.0. The van der Waals surface area contributed by atoms with Crippen LogP contribution < -0.4 is 5.32 Å². The van der Waals surface area contributed by atoms with Gasteiger partial charge in [-0.25, -0.2) is 0 Å². The molecule has 16 heavy (non-hydrogen) atoms. The summed E-state index contributed by atoms with van der Waals surface area (Å²) in [6.45, 7) is 9.71. The molecule has 0 aliphatic heterocycles. The molecule has 1 N–H and O–H groups in total. The van der Waals surface area contributed by atoms with E-state index < -0.39 is 0 Å². The number of amides is 1. The summed E-state index contributed by atoms with van der Waals surface area (Å²) < 4.78 is 0. The van der Waals surface area contributed by atoms with Crippen LogP contribution in [0.1, 0.15) is 47.0 Å². The molecule has 2 atom stereocenters. The fourth-order valence-electron chi connectivity index (χ4n) is 2.59. The van der Waals surface area contributed by atoms with Gasteiger partial charge in [0.2, 0.25) is 5.91 Å². The molecule has 2 unspecified atom stereocenters. The summed E-state index contributed by atoms with van der Waals surface area (Å²) >= 11 is 0. The molecule has 0 saturated heterocycles. The van der Waals surface area contributed by atoms with E-state index in [0.717, 1.165) is 31.2 Å². The lowest BCUT2D eigenvalue weighted by atomic mass is 9.81. The SMILES string of the molecule is CC(C)C(C)(C)CNC(=O)C1CC2CC2C1. The van der Waals surface area contributed by atoms with Gasteiger partial charge in [-0.15, -0.1) is 0 Å². The molecule has 2 aliphatic rings. The third-order valence-corrected chi connectivity index (χ3v) is 4.90. The van der Waals surface area contributed by atoms with Gasteiger partial charge in [0.05, 0.1) is 0 Å². The minimum Gasteiger partial charge on any atom is -0.355 e. The van der Waals surface area contributed by atoms with Crippen molar-refractivity contribution in [1.29, 1.82) is 0 Å². The molecule has 2 rings (SSSR count). The van der Waals surface area contributed by atoms with E-state index in [1.54, 1.807) is 0 Å². The second kappa shape index (κ2) is 4.05. The zero-order valence-corrected chi connectivity index (χ0v) is 11.0. The first-order chi connectivity index (χ1) is 7.40. The topological polar surface area (TPSA) is 29.1 Å². The number of hydrogen-bond acceptors (Lipinski definition) is 1. The molecule has 92 valence electrons. The molecule has 0 aromatic rings. The summed E-state index contributed by atoms with van der Waals surface area (Å²) in [5.74, 6) is 3.03. The van der Waals surface area contributed by atoms with E-state index in [-0.39, 0.29) is 5.41 Å². The highest BCUT2D eigenvalue weighted by Crippen LogP contribution is 2.54. The van der Waals surface area contributed by atoms with Crippen molar-refractivity contribution in [1.82, 2.24) is 5.32 Å². The van der Waals surface area contributed by atoms with E-state index in [9.17, 15) is 4.79 Å². The van der Waals surface area contributed by atoms with Crippen molar-refractivity contribution in [3.05, 3.63) is 0 Å². The highest BCUT2D eigenvalue weighted by atomic mass is 16.1. The molecule has 2 saturated carbocycles. The predicted octanol–water partition coefficient (Wildman–Crippen LogP) is 2.83. The maximum atomic E-state index is 12.0. The summed E-state index contributed by atoms with van der Waals surface area (Å²) in [6, 6.07) is 0. The van der Waals surface area contributed by atoms with Crippen LogP contribution in [0.2, 0.25) is 0 Å². The molecule has 2 heteroatoms. The predicted molar refractivity (Wildman–Crippen MR) is 65.9 cm³/mol. The Labute approximate surface area is 99.2 Å². The molecule has 1 amide bonds. The summed E-state index contributed by atoms with van der Waals surface area (Å²) in [5, 5.41) is 3.15. The maximum absolute atomic E-state index is 12.0. The van der Waals surface area contributed by atoms with E-state index >= 15 is 0 Å². The first kappa shape index (κ1) is 11.9. The Morgan fingerprint density at radius 1 is 1.25 bits per heavy atom. The van der Waals surface area contributed by atoms with Crippen LogP contribution in [0.3, 0.4) is 0 Å². The van der Waals surface area contributed by atoms with Crippen LogP contribution in [-0.4, -0.2) is 12.5 Å². The maximum Gasteiger partial charge on any atom is 0.223 e. The van der Waals surface area contributed by atoms with Gasteiger partial charge in [-0.1, -0.05) is 27.7 Å². The van der Waals surface area contributed by atoms with Gasteiger partial charge >= 0.3 is 0 Å². The first-order valence-electron chi connectivity index (χ1n) is 6.68. The number of fused-ring (bicyclic) bond motifs is 1. The molecular formula is C14H25NO. The Hall–Kier alpha value is -0.530. The molecule has 0 bridgehead atoms. The van der Waals surface area contributed by atoms with Crippen LogP contribution in [0, 0.1) is 29.1 Å². The number of carbonyl (C=O) groups is 1. The summed E-state index contributed by atoms with van der Waals surface area (Å²) in [5.41, 5.74) is 0.206. The van der Waals surface area contributed by atoms with Crippen molar-refractivity contribution < 1.29 is 4.79 Å². The van der Waals surface area contributed by atoms with Gasteiger partial charge in [0, 0.05) is 12.5 Å². The van der Waals surface area contributed by atoms with Crippen LogP contribution in [-0.2, 0) is 4.79 Å². The lowest BCUT2D eigenvalue weighted by molar-refractivity contribution is -0.125. The summed E-state index contributed by atoms with van der Waals surface area (Å²) in [4.78, 5) is 12.0. The standard InChI is InChI=1S/C14H25NO/c1-9(2)14(3,4)8-15-13(16)12-6-10-5-11(10)7-12/h9-12H,5-8H2,1-4H3,(H,15,16). The average molecular weight is 223 g/mol. The van der Waals surface area contributed by atoms with E-state index in [1.165, 1.54) is 6.42 Å². The smallest absolute Gasteiger partial charge is 0.223 e. The summed E-state index contributed by atoms with van der Waals surface area (Å²) in [7, 11) is 0. The Morgan fingerprint density at radius 3 is 2.31 bits per heavy atom. The quantitative estimate of drug-likeness (QED) is 0.780. The molecule has 0 radical (unpaired) electrons. The summed E-state index contributed by atoms with van der Waals surface area (Å²) in [6.07, 6.45) is 3.69. The highest BCUT2D eigenvalue weighted by molar-refractivity contribution is 5.79. The van der Waals surface area contributed by atoms with Crippen LogP contribution in [0.15, 0.2) is 0 Å². The van der Waals surface area contributed by atoms with Crippen LogP contribution in [0.4, 0.5) is 0 Å². The third kappa shape index (κ3) is 2.41. The number of rotatable bonds is 4. The van der Waals surface area contributed by atoms with E-state index in [1.807, 2.05) is 0 Å². The van der Waals surface area contributed by atoms with Gasteiger partial charge in [0.1, 0.15) is 0 Å². The number of hydrogen-bond donors (Lipinski definition) is 1. The van der Waals surface area contributed by atoms with Crippen molar-refractivity contribution in [3.63, 3.8) is 0 Å². The monoisotopic (exact) mass is 223 g/mol. The van der Waals surface area contributed by atoms with Gasteiger partial charge in [0.15, 0.2) is 0 Å². The second-order valence-electron chi connectivity index (χ2n) is 6.79. The van der Waals surface area contributed by atoms with Gasteiger partial charge in [-0.3, -0.25) is 4.79 Å². The molecule has 0 aromatic heterocycles. The average Bonchev–Trinajstić information content (AvgIpc) is 2.82. The minimum absolute atomic E-state index is 0.206. The Bertz CT molecular complexity index is 272. The molecule has 0 aromatic carbocycles. The van der Waals surface area contributed by atoms with E-state index in [4.69, 9.17) is 0 Å². The Morgan fingerprint density at radius 2 is 1.81 bits per heavy atom. The van der Waals surface area contributed by atoms with Gasteiger partial charge in [-0.2, -0.15) is 0 Å². The van der Waals surface area contributed by atoms with Crippen molar-refractivity contribution in [2.45, 2.75) is 47.0 Å². The molecule has 2 fully saturated rings. The van der Waals surface area contributed by atoms with Crippen molar-refractivity contribution >= 4 is 5.91 Å². The number of nitrogens with one attached hydrogen (secondary N) is 1. The molecule has 0 heterocycles. The van der Waals surface area contributed by atoms with Crippen LogP contribution >= 0.6 is 0 Å². The lowest BCUT2D eigenvalue weighted by Gasteiger charge is -2.30. The van der Waals surface area contributed by atoms with Gasteiger partial charge in [0.25, 0.3) is 0 Å². The number of carbonyl (C=O) groups excluding carboxylic acids is 1. The highest BCUT2D eigenvalue weighted by Gasteiger charge is 2.48. The van der Waals surface area contributed by atoms with Crippen LogP contribution in [0.25, 0.3) is 0 Å². The van der Waals surface area contributed by atoms with E-state index in [0.29, 0.717) is 17.7 Å². The molecule has 2 nitrogen and oxygen atoms in total. The van der Waals surface area contributed by atoms with E-state index in [2.05, 4.69) is 33.0 Å². The van der Waals surface area contributed by atoms with Gasteiger partial charge < -0.3 is 5.32 Å². The lowest BCUT2D eigenvalue weighted by Crippen LogP contribution is -2.39. The fraction of sp³-hybridized carbons (Fsp3) is 0.929. The molecule has 2 aliphatic carbocycles. The third-order valence-electron chi connectivity index (χ3n) is 4.90. The Balaban J connectivity index is 1.75. The molecule has 0 spiro atoms.